The summed E-state index contributed by atoms with van der Waals surface area (Å²) < 4.78 is 57.4. The Morgan fingerprint density at radius 1 is 1.33 bits per heavy atom. The Bertz CT molecular complexity index is 256. The monoisotopic (exact) mass is 204 g/mol. The van der Waals surface area contributed by atoms with Gasteiger partial charge in [0.1, 0.15) is 0 Å². The second kappa shape index (κ2) is 2.86. The topological polar surface area (TPSA) is 58.2 Å². The molecule has 2 N–H and O–H groups in total. The maximum absolute atomic E-state index is 11.7. The Morgan fingerprint density at radius 2 is 1.83 bits per heavy atom. The Labute approximate surface area is 67.2 Å². The van der Waals surface area contributed by atoms with Gasteiger partial charge in [0.05, 0.1) is 0 Å². The fourth-order valence-electron chi connectivity index (χ4n) is 0.658. The van der Waals surface area contributed by atoms with Gasteiger partial charge in [-0.3, -0.25) is 0 Å². The molecule has 1 fully saturated rings. The molecule has 0 spiro atoms. The van der Waals surface area contributed by atoms with E-state index in [1.54, 1.807) is 0 Å². The molecule has 72 valence electrons. The number of alkyl halides is 3. The molecule has 0 saturated carbocycles. The first kappa shape index (κ1) is 9.75. The smallest absolute Gasteiger partial charge is 0.313 e. The zero-order valence-corrected chi connectivity index (χ0v) is 6.67. The van der Waals surface area contributed by atoms with Gasteiger partial charge in [-0.15, -0.1) is 0 Å². The highest BCUT2D eigenvalue weighted by molar-refractivity contribution is 7.90. The van der Waals surface area contributed by atoms with Crippen LogP contribution in [0.25, 0.3) is 0 Å². The predicted molar refractivity (Wildman–Crippen MR) is 34.8 cm³/mol. The third-order valence-electron chi connectivity index (χ3n) is 1.41. The summed E-state index contributed by atoms with van der Waals surface area (Å²) in [6.45, 7) is 0.491. The first-order valence-electron chi connectivity index (χ1n) is 3.12. The quantitative estimate of drug-likeness (QED) is 0.631. The SMILES string of the molecule is O=S(=O)(NC1CNC1)C(F)(F)F. The number of halogens is 3. The molecule has 0 bridgehead atoms. The van der Waals surface area contributed by atoms with Crippen molar-refractivity contribution in [1.29, 1.82) is 0 Å². The number of hydrogen-bond donors (Lipinski definition) is 2. The lowest BCUT2D eigenvalue weighted by atomic mass is 10.2. The molecule has 0 aromatic rings. The van der Waals surface area contributed by atoms with E-state index in [0.29, 0.717) is 0 Å². The summed E-state index contributed by atoms with van der Waals surface area (Å²) in [4.78, 5) is 0. The van der Waals surface area contributed by atoms with Crippen LogP contribution in [0.4, 0.5) is 13.2 Å². The van der Waals surface area contributed by atoms with Crippen LogP contribution >= 0.6 is 0 Å². The molecule has 1 rings (SSSR count). The number of sulfonamides is 1. The summed E-state index contributed by atoms with van der Waals surface area (Å²) in [7, 11) is -5.15. The minimum Gasteiger partial charge on any atom is -0.313 e. The van der Waals surface area contributed by atoms with Crippen LogP contribution in [0.2, 0.25) is 0 Å². The molecule has 0 unspecified atom stereocenters. The minimum absolute atomic E-state index is 0.245. The van der Waals surface area contributed by atoms with Crippen LogP contribution < -0.4 is 10.0 Å². The van der Waals surface area contributed by atoms with E-state index in [2.05, 4.69) is 5.32 Å². The van der Waals surface area contributed by atoms with Crippen molar-refractivity contribution in [2.45, 2.75) is 11.6 Å². The maximum Gasteiger partial charge on any atom is 0.511 e. The molecule has 12 heavy (non-hydrogen) atoms. The molecule has 0 aromatic heterocycles. The molecule has 1 saturated heterocycles. The first-order valence-corrected chi connectivity index (χ1v) is 4.60. The molecular weight excluding hydrogens is 197 g/mol. The largest absolute Gasteiger partial charge is 0.511 e. The van der Waals surface area contributed by atoms with Crippen molar-refractivity contribution in [3.63, 3.8) is 0 Å². The number of rotatable bonds is 2. The van der Waals surface area contributed by atoms with E-state index in [1.165, 1.54) is 4.72 Å². The summed E-state index contributed by atoms with van der Waals surface area (Å²) in [5.74, 6) is 0. The molecule has 0 aromatic carbocycles. The van der Waals surface area contributed by atoms with E-state index < -0.39 is 21.6 Å². The Morgan fingerprint density at radius 3 is 2.08 bits per heavy atom. The predicted octanol–water partition coefficient (Wildman–Crippen LogP) is -0.603. The molecule has 0 radical (unpaired) electrons. The van der Waals surface area contributed by atoms with E-state index in [4.69, 9.17) is 0 Å². The molecule has 0 amide bonds. The van der Waals surface area contributed by atoms with Gasteiger partial charge in [-0.2, -0.15) is 13.2 Å². The highest BCUT2D eigenvalue weighted by atomic mass is 32.2. The Hall–Kier alpha value is -0.340. The molecule has 1 aliphatic heterocycles. The maximum atomic E-state index is 11.7. The fourth-order valence-corrected chi connectivity index (χ4v) is 1.40. The third-order valence-corrected chi connectivity index (χ3v) is 2.66. The summed E-state index contributed by atoms with van der Waals surface area (Å²) in [5.41, 5.74) is -5.21. The zero-order valence-electron chi connectivity index (χ0n) is 5.85. The molecule has 0 aliphatic carbocycles. The average Bonchev–Trinajstić information content (AvgIpc) is 1.76. The van der Waals surface area contributed by atoms with Crippen LogP contribution in [0.1, 0.15) is 0 Å². The molecule has 1 aliphatic rings. The van der Waals surface area contributed by atoms with Crippen molar-refractivity contribution in [2.75, 3.05) is 13.1 Å². The zero-order chi connectivity index (χ0) is 9.41. The van der Waals surface area contributed by atoms with E-state index in [-0.39, 0.29) is 13.1 Å². The lowest BCUT2D eigenvalue weighted by Crippen LogP contribution is -2.58. The van der Waals surface area contributed by atoms with Crippen LogP contribution in [0.5, 0.6) is 0 Å². The van der Waals surface area contributed by atoms with Gasteiger partial charge in [-0.1, -0.05) is 0 Å². The second-order valence-corrected chi connectivity index (χ2v) is 4.13. The van der Waals surface area contributed by atoms with Crippen molar-refractivity contribution in [3.05, 3.63) is 0 Å². The molecular formula is C4H7F3N2O2S. The highest BCUT2D eigenvalue weighted by Crippen LogP contribution is 2.22. The van der Waals surface area contributed by atoms with E-state index >= 15 is 0 Å². The lowest BCUT2D eigenvalue weighted by Gasteiger charge is -2.27. The molecule has 8 heteroatoms. The Balaban J connectivity index is 2.60. The summed E-state index contributed by atoms with van der Waals surface area (Å²) >= 11 is 0. The number of hydrogen-bond acceptors (Lipinski definition) is 3. The Kier molecular flexibility index (Phi) is 2.32. The number of nitrogens with one attached hydrogen (secondary N) is 2. The van der Waals surface area contributed by atoms with Crippen LogP contribution in [0.3, 0.4) is 0 Å². The van der Waals surface area contributed by atoms with Crippen LogP contribution in [-0.2, 0) is 10.0 Å². The van der Waals surface area contributed by atoms with Gasteiger partial charge in [-0.25, -0.2) is 13.1 Å². The summed E-state index contributed by atoms with van der Waals surface area (Å²) in [6, 6.07) is -0.628. The standard InChI is InChI=1S/C4H7F3N2O2S/c5-4(6,7)12(10,11)9-3-1-8-2-3/h3,8-9H,1-2H2. The highest BCUT2D eigenvalue weighted by Gasteiger charge is 2.47. The fraction of sp³-hybridized carbons (Fsp3) is 1.00. The van der Waals surface area contributed by atoms with Crippen molar-refractivity contribution in [1.82, 2.24) is 10.0 Å². The van der Waals surface area contributed by atoms with Crippen molar-refractivity contribution in [2.24, 2.45) is 0 Å². The van der Waals surface area contributed by atoms with Crippen LogP contribution in [0, 0.1) is 0 Å². The second-order valence-electron chi connectivity index (χ2n) is 2.42. The van der Waals surface area contributed by atoms with Crippen LogP contribution in [-0.4, -0.2) is 33.1 Å². The minimum atomic E-state index is -5.21. The third kappa shape index (κ3) is 1.87. The van der Waals surface area contributed by atoms with Crippen molar-refractivity contribution < 1.29 is 21.6 Å². The van der Waals surface area contributed by atoms with Gasteiger partial charge in [0, 0.05) is 19.1 Å². The molecule has 1 heterocycles. The van der Waals surface area contributed by atoms with E-state index in [1.807, 2.05) is 0 Å². The lowest BCUT2D eigenvalue weighted by molar-refractivity contribution is -0.0452. The normalized spacial score (nSPS) is 20.6. The van der Waals surface area contributed by atoms with Crippen LogP contribution in [0.15, 0.2) is 0 Å². The molecule has 4 nitrogen and oxygen atoms in total. The van der Waals surface area contributed by atoms with Crippen molar-refractivity contribution in [3.8, 4) is 0 Å². The van der Waals surface area contributed by atoms with Crippen molar-refractivity contribution >= 4 is 10.0 Å². The summed E-state index contributed by atoms with van der Waals surface area (Å²) in [5, 5.41) is 2.64. The van der Waals surface area contributed by atoms with Gasteiger partial charge in [0.25, 0.3) is 0 Å². The van der Waals surface area contributed by atoms with E-state index in [9.17, 15) is 21.6 Å². The van der Waals surface area contributed by atoms with Gasteiger partial charge in [0.2, 0.25) is 0 Å². The van der Waals surface area contributed by atoms with Gasteiger partial charge < -0.3 is 5.32 Å². The van der Waals surface area contributed by atoms with Gasteiger partial charge in [-0.05, 0) is 0 Å². The van der Waals surface area contributed by atoms with E-state index in [0.717, 1.165) is 0 Å². The molecule has 0 atom stereocenters. The average molecular weight is 204 g/mol. The van der Waals surface area contributed by atoms with Gasteiger partial charge >= 0.3 is 15.5 Å². The first-order chi connectivity index (χ1) is 5.33. The van der Waals surface area contributed by atoms with Gasteiger partial charge in [0.15, 0.2) is 0 Å². The summed E-state index contributed by atoms with van der Waals surface area (Å²) in [6.07, 6.45) is 0.